The summed E-state index contributed by atoms with van der Waals surface area (Å²) >= 11 is 0. The predicted molar refractivity (Wildman–Crippen MR) is 230 cm³/mol. The number of aliphatic hydroxyl groups is 3. The number of allylic oxidation sites excluding steroid dienone is 1. The van der Waals surface area contributed by atoms with Crippen LogP contribution in [0.1, 0.15) is 117 Å². The van der Waals surface area contributed by atoms with Gasteiger partial charge in [0.2, 0.25) is 0 Å². The Kier molecular flexibility index (Phi) is 13.7. The van der Waals surface area contributed by atoms with Gasteiger partial charge in [0.15, 0.2) is 0 Å². The topological polar surface area (TPSA) is 172 Å². The van der Waals surface area contributed by atoms with Crippen LogP contribution < -0.4 is 10.1 Å². The van der Waals surface area contributed by atoms with Crippen molar-refractivity contribution in [2.75, 3.05) is 25.6 Å². The van der Waals surface area contributed by atoms with Gasteiger partial charge in [-0.3, -0.25) is 9.59 Å². The molecule has 1 fully saturated rings. The van der Waals surface area contributed by atoms with E-state index in [0.717, 1.165) is 11.1 Å². The molecule has 3 aliphatic heterocycles. The van der Waals surface area contributed by atoms with Gasteiger partial charge in [0.25, 0.3) is 0 Å². The first-order chi connectivity index (χ1) is 29.3. The number of aromatic hydroxyl groups is 1. The van der Waals surface area contributed by atoms with E-state index < -0.39 is 41.1 Å². The average Bonchev–Trinajstić information content (AvgIpc) is 3.24. The van der Waals surface area contributed by atoms with Crippen molar-refractivity contribution >= 4 is 23.4 Å². The van der Waals surface area contributed by atoms with Gasteiger partial charge in [-0.1, -0.05) is 61.6 Å². The third-order valence-corrected chi connectivity index (χ3v) is 13.0. The number of nitrogens with one attached hydrogen (secondary N) is 1. The molecule has 5 N–H and O–H groups in total. The quantitative estimate of drug-likeness (QED) is 0.0832. The molecule has 0 aromatic heterocycles. The third-order valence-electron chi connectivity index (χ3n) is 13.0. The minimum Gasteiger partial charge on any atom is -0.508 e. The fraction of sp³-hybridized carbons (Fsp3) is 0.500. The van der Waals surface area contributed by atoms with Gasteiger partial charge in [-0.15, -0.1) is 0 Å². The van der Waals surface area contributed by atoms with E-state index in [1.54, 1.807) is 26.2 Å². The van der Waals surface area contributed by atoms with Gasteiger partial charge in [0.05, 0.1) is 24.5 Å². The van der Waals surface area contributed by atoms with E-state index in [1.807, 2.05) is 43.3 Å². The van der Waals surface area contributed by atoms with Crippen molar-refractivity contribution in [3.63, 3.8) is 0 Å². The zero-order chi connectivity index (χ0) is 43.3. The van der Waals surface area contributed by atoms with Crippen LogP contribution in [-0.4, -0.2) is 75.7 Å². The highest BCUT2D eigenvalue weighted by atomic mass is 16.6. The molecule has 4 aliphatic rings. The fourth-order valence-corrected chi connectivity index (χ4v) is 9.59. The summed E-state index contributed by atoms with van der Waals surface area (Å²) < 4.78 is 17.4. The second-order valence-corrected chi connectivity index (χ2v) is 17.8. The molecule has 3 heterocycles. The van der Waals surface area contributed by atoms with E-state index in [2.05, 4.69) is 23.2 Å². The number of esters is 2. The van der Waals surface area contributed by atoms with Crippen LogP contribution in [0.4, 0.5) is 5.69 Å². The van der Waals surface area contributed by atoms with Crippen molar-refractivity contribution in [1.82, 2.24) is 0 Å². The number of ketones is 1. The van der Waals surface area contributed by atoms with Crippen molar-refractivity contribution in [2.24, 2.45) is 11.8 Å². The van der Waals surface area contributed by atoms with Gasteiger partial charge in [0.1, 0.15) is 29.0 Å². The molecule has 0 unspecified atom stereocenters. The van der Waals surface area contributed by atoms with Gasteiger partial charge >= 0.3 is 11.9 Å². The molecule has 1 aliphatic carbocycles. The van der Waals surface area contributed by atoms with Crippen LogP contribution in [0.3, 0.4) is 0 Å². The van der Waals surface area contributed by atoms with Crippen molar-refractivity contribution in [1.29, 1.82) is 0 Å². The Balaban J connectivity index is 1.38. The van der Waals surface area contributed by atoms with Gasteiger partial charge in [-0.2, -0.15) is 0 Å². The molecule has 1 saturated carbocycles. The summed E-state index contributed by atoms with van der Waals surface area (Å²) in [5, 5.41) is 49.3. The van der Waals surface area contributed by atoms with Gasteiger partial charge < -0.3 is 40.0 Å². The summed E-state index contributed by atoms with van der Waals surface area (Å²) in [6.07, 6.45) is 4.93. The van der Waals surface area contributed by atoms with Crippen LogP contribution >= 0.6 is 0 Å². The molecule has 8 bridgehead atoms. The molecule has 7 atom stereocenters. The summed E-state index contributed by atoms with van der Waals surface area (Å²) in [6, 6.07) is 16.9. The van der Waals surface area contributed by atoms with Gasteiger partial charge in [-0.05, 0) is 104 Å². The second kappa shape index (κ2) is 19.0. The molecule has 61 heavy (non-hydrogen) atoms. The van der Waals surface area contributed by atoms with Crippen LogP contribution in [0.2, 0.25) is 0 Å². The number of phenolic OH excluding ortho intramolecular Hbond substituents is 1. The number of anilines is 1. The number of rotatable bonds is 10. The van der Waals surface area contributed by atoms with Crippen LogP contribution in [0, 0.1) is 23.7 Å². The van der Waals surface area contributed by atoms with Crippen LogP contribution in [0.15, 0.2) is 66.2 Å². The number of carbonyl (C=O) groups is 3. The van der Waals surface area contributed by atoms with E-state index in [9.17, 15) is 34.8 Å². The van der Waals surface area contributed by atoms with E-state index in [-0.39, 0.29) is 61.5 Å². The molecular formula is C50H59NO10. The summed E-state index contributed by atoms with van der Waals surface area (Å²) in [6.45, 7) is 4.00. The maximum Gasteiger partial charge on any atom is 0.334 e. The van der Waals surface area contributed by atoms with E-state index >= 15 is 0 Å². The fourth-order valence-electron chi connectivity index (χ4n) is 9.59. The molecule has 7 rings (SSSR count). The minimum absolute atomic E-state index is 0.0240. The SMILES string of the molecule is CCC[C@]1(O)[C@@H]2CCC(=O)[C@@H](Cc3cccc(c3)CCC=C3C[C@@H](c4cc(CO)cc(NC[C@@](C)(O)CCOC)c4)C#C[C@@H]4CC(=O)Oc5cc(O)c(cc54)C[C@H]1OC3=O)C2. The monoisotopic (exact) mass is 833 g/mol. The highest BCUT2D eigenvalue weighted by Crippen LogP contribution is 2.45. The predicted octanol–water partition coefficient (Wildman–Crippen LogP) is 6.75. The number of ether oxygens (including phenoxy) is 3. The first-order valence-corrected chi connectivity index (χ1v) is 21.8. The zero-order valence-corrected chi connectivity index (χ0v) is 35.5. The molecule has 0 radical (unpaired) electrons. The van der Waals surface area contributed by atoms with Crippen molar-refractivity contribution in [2.45, 2.75) is 127 Å². The number of phenols is 1. The van der Waals surface area contributed by atoms with E-state index in [4.69, 9.17) is 14.2 Å². The molecule has 11 nitrogen and oxygen atoms in total. The van der Waals surface area contributed by atoms with E-state index in [0.29, 0.717) is 97.9 Å². The Labute approximate surface area is 358 Å². The maximum atomic E-state index is 14.9. The number of hydrogen-bond donors (Lipinski definition) is 5. The Morgan fingerprint density at radius 3 is 2.57 bits per heavy atom. The highest BCUT2D eigenvalue weighted by molar-refractivity contribution is 5.89. The maximum absolute atomic E-state index is 14.9. The number of Topliss-reactive ketones (excluding diaryl/α,β-unsaturated/α-hetero) is 1. The number of methoxy groups -OCH3 is 1. The van der Waals surface area contributed by atoms with Crippen LogP contribution in [0.25, 0.3) is 0 Å². The lowest BCUT2D eigenvalue weighted by Crippen LogP contribution is -2.54. The van der Waals surface area contributed by atoms with Crippen LogP contribution in [-0.2, 0) is 49.7 Å². The second-order valence-electron chi connectivity index (χ2n) is 17.8. The Morgan fingerprint density at radius 2 is 1.79 bits per heavy atom. The van der Waals surface area contributed by atoms with Gasteiger partial charge in [-0.25, -0.2) is 4.79 Å². The Hall–Kier alpha value is -4.99. The summed E-state index contributed by atoms with van der Waals surface area (Å²) in [7, 11) is 1.58. The Morgan fingerprint density at radius 1 is 0.984 bits per heavy atom. The number of hydrogen-bond acceptors (Lipinski definition) is 11. The zero-order valence-electron chi connectivity index (χ0n) is 35.5. The lowest BCUT2D eigenvalue weighted by molar-refractivity contribution is -0.176. The number of benzene rings is 3. The normalized spacial score (nSPS) is 26.3. The summed E-state index contributed by atoms with van der Waals surface area (Å²) in [5.74, 6) is 3.95. The number of aryl methyl sites for hydroxylation is 1. The Bertz CT molecular complexity index is 2220. The molecular weight excluding hydrogens is 775 g/mol. The molecule has 0 amide bonds. The lowest BCUT2D eigenvalue weighted by atomic mass is 9.66. The largest absolute Gasteiger partial charge is 0.508 e. The molecule has 0 spiro atoms. The first-order valence-electron chi connectivity index (χ1n) is 21.8. The molecule has 324 valence electrons. The van der Waals surface area contributed by atoms with E-state index in [1.165, 1.54) is 6.07 Å². The number of aliphatic hydroxyl groups excluding tert-OH is 1. The molecule has 3 aromatic rings. The summed E-state index contributed by atoms with van der Waals surface area (Å²) in [4.78, 5) is 41.4. The molecule has 11 heteroatoms. The minimum atomic E-state index is -1.55. The standard InChI is InChI=1S/C50H59NO10/c1-4-15-50(58)40-13-14-43(53)38(23-40)19-32-9-5-7-31(18-32)8-6-10-36-22-34(37-20-33(29-52)21-41(24-37)51-30-49(2,57)16-17-59-3)11-12-35-27-47(55)60-45-28-44(54)39(25-42(35)45)26-46(50)61-48(36)56/h5,7,9-10,18,20-21,24-25,28,34-35,38,40,46,51-52,54,57-58H,4,6,8,13-17,19,22-23,26-27,29-30H2,1-3H3/t34-,35+,38-,40+,46+,49-,50-/m0/s1. The molecule has 0 saturated heterocycles. The third kappa shape index (κ3) is 10.4. The van der Waals surface area contributed by atoms with Crippen molar-refractivity contribution in [3.05, 3.63) is 99.6 Å². The number of carbonyl (C=O) groups excluding carboxylic acids is 3. The summed E-state index contributed by atoms with van der Waals surface area (Å²) in [5.41, 5.74) is 2.81. The lowest BCUT2D eigenvalue weighted by Gasteiger charge is -2.45. The van der Waals surface area contributed by atoms with Crippen LogP contribution in [0.5, 0.6) is 11.5 Å². The van der Waals surface area contributed by atoms with Gasteiger partial charge in [0, 0.05) is 74.3 Å². The van der Waals surface area contributed by atoms with Crippen molar-refractivity contribution < 1.29 is 49.0 Å². The average molecular weight is 834 g/mol. The first kappa shape index (κ1) is 44.1. The highest BCUT2D eigenvalue weighted by Gasteiger charge is 2.49. The van der Waals surface area contributed by atoms with Crippen molar-refractivity contribution in [3.8, 4) is 23.3 Å². The number of fused-ring (bicyclic) bond motifs is 8. The smallest absolute Gasteiger partial charge is 0.334 e. The molecule has 3 aromatic carbocycles.